The molecule has 4 nitrogen and oxygen atoms in total. The molecule has 0 aliphatic carbocycles. The third-order valence-electron chi connectivity index (χ3n) is 1.86. The van der Waals surface area contributed by atoms with Crippen LogP contribution in [0.4, 0.5) is 0 Å². The van der Waals surface area contributed by atoms with Crippen LogP contribution in [0.1, 0.15) is 5.56 Å². The van der Waals surface area contributed by atoms with Gasteiger partial charge < -0.3 is 4.98 Å². The maximum absolute atomic E-state index is 11.4. The number of H-pyrrole nitrogens is 2. The molecule has 0 spiro atoms. The second-order valence-electron chi connectivity index (χ2n) is 2.78. The van der Waals surface area contributed by atoms with Gasteiger partial charge in [0.05, 0.1) is 5.69 Å². The lowest BCUT2D eigenvalue weighted by molar-refractivity contribution is 1.08. The van der Waals surface area contributed by atoms with Gasteiger partial charge in [0.2, 0.25) is 0 Å². The van der Waals surface area contributed by atoms with E-state index in [0.717, 1.165) is 5.56 Å². The van der Waals surface area contributed by atoms with Gasteiger partial charge in [-0.05, 0) is 23.7 Å². The minimum atomic E-state index is -0.456. The fraction of sp³-hybridized carbons (Fsp3) is 0. The van der Waals surface area contributed by atoms with E-state index in [4.69, 9.17) is 17.5 Å². The molecule has 0 bridgehead atoms. The molecule has 74 valence electrons. The summed E-state index contributed by atoms with van der Waals surface area (Å²) in [5.74, 6) is 0. The maximum atomic E-state index is 11.4. The Labute approximate surface area is 93.8 Å². The lowest BCUT2D eigenvalue weighted by Crippen LogP contribution is -2.13. The molecular formula is C9H5N3OS2. The first-order chi connectivity index (χ1) is 7.22. The lowest BCUT2D eigenvalue weighted by Gasteiger charge is -1.99. The quantitative estimate of drug-likeness (QED) is 0.743. The van der Waals surface area contributed by atoms with E-state index in [0.29, 0.717) is 5.69 Å². The Morgan fingerprint density at radius 2 is 2.27 bits per heavy atom. The number of nitriles is 1. The first-order valence-corrected chi connectivity index (χ1v) is 5.37. The minimum Gasteiger partial charge on any atom is -0.331 e. The second kappa shape index (κ2) is 3.81. The van der Waals surface area contributed by atoms with Crippen LogP contribution in [0.2, 0.25) is 0 Å². The molecule has 2 rings (SSSR count). The Morgan fingerprint density at radius 3 is 2.87 bits per heavy atom. The van der Waals surface area contributed by atoms with Gasteiger partial charge in [0.15, 0.2) is 4.77 Å². The van der Waals surface area contributed by atoms with Crippen LogP contribution in [0.5, 0.6) is 0 Å². The number of hydrogen-bond donors (Lipinski definition) is 2. The Kier molecular flexibility index (Phi) is 2.49. The van der Waals surface area contributed by atoms with Crippen LogP contribution in [-0.2, 0) is 0 Å². The summed E-state index contributed by atoms with van der Waals surface area (Å²) in [4.78, 5) is 16.6. The van der Waals surface area contributed by atoms with Gasteiger partial charge in [0.1, 0.15) is 11.6 Å². The number of aromatic amines is 2. The van der Waals surface area contributed by atoms with E-state index in [2.05, 4.69) is 9.97 Å². The van der Waals surface area contributed by atoms with Crippen LogP contribution >= 0.6 is 23.6 Å². The molecule has 2 aromatic heterocycles. The van der Waals surface area contributed by atoms with Gasteiger partial charge in [-0.3, -0.25) is 9.78 Å². The molecule has 0 aliphatic heterocycles. The Balaban J connectivity index is 2.83. The maximum Gasteiger partial charge on any atom is 0.270 e. The van der Waals surface area contributed by atoms with Crippen molar-refractivity contribution in [3.8, 4) is 17.3 Å². The van der Waals surface area contributed by atoms with Crippen molar-refractivity contribution in [2.45, 2.75) is 0 Å². The SMILES string of the molecule is N#Cc1c(-c2ccsc2)[nH]c(=S)[nH]c1=O. The van der Waals surface area contributed by atoms with Crippen molar-refractivity contribution in [2.75, 3.05) is 0 Å². The Bertz CT molecular complexity index is 631. The fourth-order valence-electron chi connectivity index (χ4n) is 1.22. The summed E-state index contributed by atoms with van der Waals surface area (Å²) in [6.45, 7) is 0. The molecule has 15 heavy (non-hydrogen) atoms. The van der Waals surface area contributed by atoms with E-state index in [1.165, 1.54) is 11.3 Å². The fourth-order valence-corrected chi connectivity index (χ4v) is 2.06. The highest BCUT2D eigenvalue weighted by Crippen LogP contribution is 2.20. The lowest BCUT2D eigenvalue weighted by atomic mass is 10.1. The number of nitrogens with one attached hydrogen (secondary N) is 2. The molecule has 2 aromatic rings. The first kappa shape index (κ1) is 9.83. The van der Waals surface area contributed by atoms with Crippen molar-refractivity contribution in [3.63, 3.8) is 0 Å². The highest BCUT2D eigenvalue weighted by atomic mass is 32.1. The van der Waals surface area contributed by atoms with Gasteiger partial charge >= 0.3 is 0 Å². The zero-order valence-corrected chi connectivity index (χ0v) is 9.04. The van der Waals surface area contributed by atoms with Gasteiger partial charge in [-0.1, -0.05) is 0 Å². The average molecular weight is 235 g/mol. The van der Waals surface area contributed by atoms with Crippen LogP contribution in [0, 0.1) is 16.1 Å². The monoisotopic (exact) mass is 235 g/mol. The van der Waals surface area contributed by atoms with E-state index >= 15 is 0 Å². The average Bonchev–Trinajstić information content (AvgIpc) is 2.69. The molecule has 0 aliphatic rings. The van der Waals surface area contributed by atoms with E-state index in [1.807, 2.05) is 22.9 Å². The number of thiophene rings is 1. The summed E-state index contributed by atoms with van der Waals surface area (Å²) in [5, 5.41) is 12.6. The molecule has 2 heterocycles. The number of hydrogen-bond acceptors (Lipinski definition) is 4. The summed E-state index contributed by atoms with van der Waals surface area (Å²) in [5.41, 5.74) is 0.880. The van der Waals surface area contributed by atoms with Crippen molar-refractivity contribution in [3.05, 3.63) is 37.5 Å². The van der Waals surface area contributed by atoms with Gasteiger partial charge in [-0.25, -0.2) is 0 Å². The normalized spacial score (nSPS) is 9.80. The summed E-state index contributed by atoms with van der Waals surface area (Å²) >= 11 is 6.34. The molecule has 6 heteroatoms. The van der Waals surface area contributed by atoms with Gasteiger partial charge in [-0.15, -0.1) is 0 Å². The number of rotatable bonds is 1. The van der Waals surface area contributed by atoms with Crippen molar-refractivity contribution in [1.82, 2.24) is 9.97 Å². The summed E-state index contributed by atoms with van der Waals surface area (Å²) < 4.78 is 0.222. The zero-order valence-electron chi connectivity index (χ0n) is 7.40. The van der Waals surface area contributed by atoms with Crippen LogP contribution in [0.3, 0.4) is 0 Å². The molecular weight excluding hydrogens is 230 g/mol. The van der Waals surface area contributed by atoms with Gasteiger partial charge in [0, 0.05) is 10.9 Å². The molecule has 0 fully saturated rings. The van der Waals surface area contributed by atoms with Crippen LogP contribution in [0.25, 0.3) is 11.3 Å². The molecule has 0 aromatic carbocycles. The van der Waals surface area contributed by atoms with Gasteiger partial charge in [0.25, 0.3) is 5.56 Å². The highest BCUT2D eigenvalue weighted by Gasteiger charge is 2.09. The van der Waals surface area contributed by atoms with Crippen molar-refractivity contribution >= 4 is 23.6 Å². The van der Waals surface area contributed by atoms with Crippen LogP contribution in [0.15, 0.2) is 21.6 Å². The first-order valence-electron chi connectivity index (χ1n) is 4.01. The van der Waals surface area contributed by atoms with E-state index in [9.17, 15) is 4.79 Å². The van der Waals surface area contributed by atoms with Crippen molar-refractivity contribution in [2.24, 2.45) is 0 Å². The Hall–Kier alpha value is -1.71. The van der Waals surface area contributed by atoms with Crippen LogP contribution < -0.4 is 5.56 Å². The zero-order chi connectivity index (χ0) is 10.8. The molecule has 0 unspecified atom stereocenters. The van der Waals surface area contributed by atoms with Crippen LogP contribution in [-0.4, -0.2) is 9.97 Å². The number of aromatic nitrogens is 2. The smallest absolute Gasteiger partial charge is 0.270 e. The number of nitrogens with zero attached hydrogens (tertiary/aromatic N) is 1. The van der Waals surface area contributed by atoms with Crippen molar-refractivity contribution < 1.29 is 0 Å². The molecule has 0 amide bonds. The topological polar surface area (TPSA) is 72.4 Å². The molecule has 0 radical (unpaired) electrons. The summed E-state index contributed by atoms with van der Waals surface area (Å²) in [6.07, 6.45) is 0. The van der Waals surface area contributed by atoms with E-state index in [1.54, 1.807) is 0 Å². The predicted molar refractivity (Wildman–Crippen MR) is 60.3 cm³/mol. The van der Waals surface area contributed by atoms with Gasteiger partial charge in [-0.2, -0.15) is 16.6 Å². The Morgan fingerprint density at radius 1 is 1.47 bits per heavy atom. The second-order valence-corrected chi connectivity index (χ2v) is 3.97. The summed E-state index contributed by atoms with van der Waals surface area (Å²) in [6, 6.07) is 3.69. The highest BCUT2D eigenvalue weighted by molar-refractivity contribution is 7.71. The third kappa shape index (κ3) is 1.75. The summed E-state index contributed by atoms with van der Waals surface area (Å²) in [7, 11) is 0. The standard InChI is InChI=1S/C9H5N3OS2/c10-3-6-7(5-1-2-15-4-5)11-9(14)12-8(6)13/h1-2,4H,(H2,11,12,13,14). The predicted octanol–water partition coefficient (Wildman–Crippen LogP) is 2.03. The van der Waals surface area contributed by atoms with E-state index < -0.39 is 5.56 Å². The minimum absolute atomic E-state index is 0.0574. The molecule has 0 saturated heterocycles. The van der Waals surface area contributed by atoms with Crippen molar-refractivity contribution in [1.29, 1.82) is 5.26 Å². The third-order valence-corrected chi connectivity index (χ3v) is 2.75. The largest absolute Gasteiger partial charge is 0.331 e. The molecule has 0 atom stereocenters. The molecule has 0 saturated carbocycles. The molecule has 2 N–H and O–H groups in total. The van der Waals surface area contributed by atoms with E-state index in [-0.39, 0.29) is 10.3 Å².